The van der Waals surface area contributed by atoms with Gasteiger partial charge >= 0.3 is 125 Å². The van der Waals surface area contributed by atoms with E-state index in [2.05, 4.69) is 10.6 Å². The minimum atomic E-state index is -0.666. The summed E-state index contributed by atoms with van der Waals surface area (Å²) in [6.07, 6.45) is 0. The van der Waals surface area contributed by atoms with Gasteiger partial charge in [-0.25, -0.2) is 0 Å². The molecule has 0 saturated carbocycles. The fourth-order valence-electron chi connectivity index (χ4n) is 1.61. The molecule has 0 saturated heterocycles. The zero-order valence-corrected chi connectivity index (χ0v) is 12.8. The fourth-order valence-corrected chi connectivity index (χ4v) is 3.75. The molecule has 1 heterocycles. The topological polar surface area (TPSA) is 83.8 Å². The van der Waals surface area contributed by atoms with Gasteiger partial charge in [-0.2, -0.15) is 0 Å². The van der Waals surface area contributed by atoms with Crippen molar-refractivity contribution in [1.29, 1.82) is 0 Å². The monoisotopic (exact) mass is 362 g/mol. The van der Waals surface area contributed by atoms with Crippen LogP contribution in [0.15, 0.2) is 34.3 Å². The summed E-state index contributed by atoms with van der Waals surface area (Å²) >= 11 is 5.27. The van der Waals surface area contributed by atoms with Crippen LogP contribution in [0.25, 0.3) is 9.65 Å². The van der Waals surface area contributed by atoms with Crippen molar-refractivity contribution in [2.24, 2.45) is 5.29 Å². The zero-order valence-electron chi connectivity index (χ0n) is 10.3. The van der Waals surface area contributed by atoms with Gasteiger partial charge in [0, 0.05) is 0 Å². The Hall–Kier alpha value is -1.63. The van der Waals surface area contributed by atoms with Crippen molar-refractivity contribution in [2.75, 3.05) is 12.4 Å². The van der Waals surface area contributed by atoms with Gasteiger partial charge in [0.25, 0.3) is 0 Å². The van der Waals surface area contributed by atoms with Crippen LogP contribution in [-0.2, 0) is 6.67 Å². The molecule has 2 amide bonds. The molecule has 0 aliphatic carbocycles. The first-order chi connectivity index (χ1) is 9.67. The Morgan fingerprint density at radius 1 is 1.45 bits per heavy atom. The first-order valence-corrected chi connectivity index (χ1v) is 7.86. The number of halogens is 1. The zero-order chi connectivity index (χ0) is 14.5. The third-order valence-corrected chi connectivity index (χ3v) is 4.97. The summed E-state index contributed by atoms with van der Waals surface area (Å²) in [4.78, 5) is 34.1. The molecule has 0 atom stereocenters. The quantitative estimate of drug-likeness (QED) is 0.372. The number of nitrogens with one attached hydrogen (secondary N) is 1. The van der Waals surface area contributed by atoms with Crippen LogP contribution < -0.4 is 10.9 Å². The summed E-state index contributed by atoms with van der Waals surface area (Å²) in [7, 11) is 0. The molecule has 0 bridgehead atoms. The summed E-state index contributed by atoms with van der Waals surface area (Å²) in [6, 6.07) is 6.65. The van der Waals surface area contributed by atoms with Crippen LogP contribution in [0.5, 0.6) is 0 Å². The molecule has 0 unspecified atom stereocenters. The van der Waals surface area contributed by atoms with Gasteiger partial charge in [0.05, 0.1) is 0 Å². The number of carbonyl (C=O) groups is 1. The van der Waals surface area contributed by atoms with E-state index >= 15 is 0 Å². The Bertz CT molecular complexity index is 684. The molecule has 1 aromatic carbocycles. The Kier molecular flexibility index (Phi) is 4.94. The van der Waals surface area contributed by atoms with Crippen LogP contribution in [0.1, 0.15) is 0 Å². The second-order valence-electron chi connectivity index (χ2n) is 3.80. The first-order valence-electron chi connectivity index (χ1n) is 5.71. The van der Waals surface area contributed by atoms with Gasteiger partial charge in [-0.1, -0.05) is 0 Å². The minimum absolute atomic E-state index is 0.0240. The third kappa shape index (κ3) is 3.09. The van der Waals surface area contributed by atoms with E-state index < -0.39 is 6.03 Å². The van der Waals surface area contributed by atoms with Gasteiger partial charge in [0.1, 0.15) is 0 Å². The van der Waals surface area contributed by atoms with Gasteiger partial charge in [0.2, 0.25) is 0 Å². The van der Waals surface area contributed by atoms with E-state index in [1.165, 1.54) is 0 Å². The van der Waals surface area contributed by atoms with Crippen molar-refractivity contribution in [3.8, 4) is 0 Å². The summed E-state index contributed by atoms with van der Waals surface area (Å²) in [5.74, 6) is 0.108. The van der Waals surface area contributed by atoms with Crippen LogP contribution in [0.4, 0.5) is 4.79 Å². The van der Waals surface area contributed by atoms with Gasteiger partial charge < -0.3 is 0 Å². The average molecular weight is 362 g/mol. The van der Waals surface area contributed by atoms with E-state index in [1.54, 1.807) is 15.7 Å². The molecule has 2 aromatic rings. The molecule has 2 rings (SSSR count). The Labute approximate surface area is 125 Å². The van der Waals surface area contributed by atoms with Crippen molar-refractivity contribution in [3.05, 3.63) is 39.5 Å². The molecule has 0 spiro atoms. The Balaban J connectivity index is 2.09. The number of aromatic nitrogens is 1. The van der Waals surface area contributed by atoms with Gasteiger partial charge in [-0.3, -0.25) is 0 Å². The van der Waals surface area contributed by atoms with Crippen LogP contribution in [-0.4, -0.2) is 41.8 Å². The maximum atomic E-state index is 12.0. The van der Waals surface area contributed by atoms with Gasteiger partial charge in [-0.05, 0) is 0 Å². The number of benzene rings is 1. The molecule has 106 valence electrons. The number of carbonyl (C=O) groups excluding carboxylic acids is 1. The molecular formula is C11H11ClN4O3Se. The Morgan fingerprint density at radius 3 is 2.85 bits per heavy atom. The molecule has 0 fully saturated rings. The van der Waals surface area contributed by atoms with Crippen LogP contribution in [0.2, 0.25) is 0 Å². The second kappa shape index (κ2) is 6.69. The van der Waals surface area contributed by atoms with E-state index in [0.717, 1.165) is 4.26 Å². The van der Waals surface area contributed by atoms with Crippen molar-refractivity contribution in [3.63, 3.8) is 0 Å². The number of hydrogen-bond acceptors (Lipinski definition) is 4. The number of nitroso groups, excluding NO2 is 1. The second-order valence-corrected chi connectivity index (χ2v) is 6.41. The van der Waals surface area contributed by atoms with Crippen molar-refractivity contribution < 1.29 is 4.79 Å². The molecule has 0 radical (unpaired) electrons. The number of fused-ring (bicyclic) bond motifs is 1. The predicted molar refractivity (Wildman–Crippen MR) is 76.9 cm³/mol. The standard InChI is InChI=1S/C11H11ClN4O3Se/c12-5-6-15(14-19)11(18)13-7-16-10(17)8-3-1-2-4-9(8)20-16/h1-4H,5-7H2,(H,13,18). The van der Waals surface area contributed by atoms with E-state index in [1.807, 2.05) is 12.1 Å². The molecule has 0 aliphatic heterocycles. The normalized spacial score (nSPS) is 10.4. The van der Waals surface area contributed by atoms with Crippen molar-refractivity contribution >= 4 is 42.0 Å². The molecule has 9 heteroatoms. The first kappa shape index (κ1) is 14.8. The molecule has 1 N–H and O–H groups in total. The number of urea groups is 1. The number of nitrogens with zero attached hydrogens (tertiary/aromatic N) is 3. The van der Waals surface area contributed by atoms with Crippen molar-refractivity contribution in [1.82, 2.24) is 13.9 Å². The number of alkyl halides is 1. The SMILES string of the molecule is O=NN(CCCl)C(=O)NCn1[se]c2ccccc2c1=O. The summed E-state index contributed by atoms with van der Waals surface area (Å²) in [5, 5.41) is 6.40. The number of amides is 2. The third-order valence-electron chi connectivity index (χ3n) is 2.56. The van der Waals surface area contributed by atoms with E-state index in [0.29, 0.717) is 10.4 Å². The Morgan fingerprint density at radius 2 is 2.20 bits per heavy atom. The molecule has 20 heavy (non-hydrogen) atoms. The van der Waals surface area contributed by atoms with Crippen LogP contribution in [0.3, 0.4) is 0 Å². The van der Waals surface area contributed by atoms with Gasteiger partial charge in [-0.15, -0.1) is 0 Å². The van der Waals surface area contributed by atoms with Crippen molar-refractivity contribution in [2.45, 2.75) is 6.67 Å². The molecule has 0 aliphatic rings. The summed E-state index contributed by atoms with van der Waals surface area (Å²) in [6.45, 7) is 0.0663. The average Bonchev–Trinajstić information content (AvgIpc) is 2.79. The van der Waals surface area contributed by atoms with Crippen LogP contribution in [0, 0.1) is 4.91 Å². The van der Waals surface area contributed by atoms with E-state index in [4.69, 9.17) is 11.6 Å². The molecule has 1 aromatic heterocycles. The van der Waals surface area contributed by atoms with Crippen LogP contribution >= 0.6 is 11.6 Å². The van der Waals surface area contributed by atoms with E-state index in [-0.39, 0.29) is 39.4 Å². The summed E-state index contributed by atoms with van der Waals surface area (Å²) in [5.41, 5.74) is -0.121. The number of rotatable bonds is 5. The molecular weight excluding hydrogens is 351 g/mol. The van der Waals surface area contributed by atoms with Gasteiger partial charge in [0.15, 0.2) is 0 Å². The number of hydrogen-bond donors (Lipinski definition) is 1. The maximum absolute atomic E-state index is 12.0. The summed E-state index contributed by atoms with van der Waals surface area (Å²) < 4.78 is 2.52. The molecule has 7 nitrogen and oxygen atoms in total. The van der Waals surface area contributed by atoms with E-state index in [9.17, 15) is 14.5 Å². The predicted octanol–water partition coefficient (Wildman–Crippen LogP) is 0.948. The fraction of sp³-hybridized carbons (Fsp3) is 0.273.